The van der Waals surface area contributed by atoms with Crippen LogP contribution in [0, 0.1) is 0 Å². The van der Waals surface area contributed by atoms with E-state index in [4.69, 9.17) is 0 Å². The standard InChI is InChI=1S/C17H31N5/c1-19-9-6-10-20(2)13-14-22(16-21(3)12-11-19)15-17-7-4-5-8-18-17/h4-5,7-8H,6,9-16H2,1-3H3. The van der Waals surface area contributed by atoms with Crippen LogP contribution in [0.3, 0.4) is 0 Å². The normalized spacial score (nSPS) is 22.1. The number of nitrogens with zero attached hydrogens (tertiary/aromatic N) is 5. The average molecular weight is 305 g/mol. The highest BCUT2D eigenvalue weighted by Crippen LogP contribution is 2.04. The molecule has 2 heterocycles. The smallest absolute Gasteiger partial charge is 0.0544 e. The molecular formula is C17H31N5. The molecule has 0 N–H and O–H groups in total. The van der Waals surface area contributed by atoms with Crippen molar-refractivity contribution in [2.24, 2.45) is 0 Å². The van der Waals surface area contributed by atoms with Crippen molar-refractivity contribution in [3.8, 4) is 0 Å². The molecule has 0 amide bonds. The highest BCUT2D eigenvalue weighted by molar-refractivity contribution is 5.03. The van der Waals surface area contributed by atoms with Crippen LogP contribution in [0.1, 0.15) is 12.1 Å². The van der Waals surface area contributed by atoms with E-state index in [2.05, 4.69) is 57.9 Å². The molecule has 5 nitrogen and oxygen atoms in total. The third kappa shape index (κ3) is 6.40. The van der Waals surface area contributed by atoms with Crippen molar-refractivity contribution in [1.82, 2.24) is 24.6 Å². The number of hydrogen-bond donors (Lipinski definition) is 0. The van der Waals surface area contributed by atoms with Gasteiger partial charge in [-0.3, -0.25) is 14.8 Å². The molecular weight excluding hydrogens is 274 g/mol. The molecule has 0 atom stereocenters. The molecule has 124 valence electrons. The molecule has 0 radical (unpaired) electrons. The molecule has 0 aromatic carbocycles. The van der Waals surface area contributed by atoms with E-state index in [0.717, 1.165) is 45.1 Å². The van der Waals surface area contributed by atoms with E-state index < -0.39 is 0 Å². The van der Waals surface area contributed by atoms with Crippen LogP contribution in [0.25, 0.3) is 0 Å². The Bertz CT molecular complexity index is 411. The zero-order chi connectivity index (χ0) is 15.8. The second kappa shape index (κ2) is 9.20. The van der Waals surface area contributed by atoms with Gasteiger partial charge in [0.15, 0.2) is 0 Å². The second-order valence-electron chi connectivity index (χ2n) is 6.55. The molecule has 5 heteroatoms. The van der Waals surface area contributed by atoms with Crippen LogP contribution in [0.15, 0.2) is 24.4 Å². The molecule has 1 aliphatic heterocycles. The Labute approximate surface area is 135 Å². The Morgan fingerprint density at radius 3 is 2.23 bits per heavy atom. The molecule has 22 heavy (non-hydrogen) atoms. The zero-order valence-corrected chi connectivity index (χ0v) is 14.4. The van der Waals surface area contributed by atoms with Crippen LogP contribution in [0.2, 0.25) is 0 Å². The fraction of sp³-hybridized carbons (Fsp3) is 0.706. The summed E-state index contributed by atoms with van der Waals surface area (Å²) in [7, 11) is 6.68. The first-order chi connectivity index (χ1) is 10.6. The molecule has 1 aromatic rings. The fourth-order valence-electron chi connectivity index (χ4n) is 2.82. The summed E-state index contributed by atoms with van der Waals surface area (Å²) >= 11 is 0. The van der Waals surface area contributed by atoms with E-state index in [1.165, 1.54) is 19.5 Å². The van der Waals surface area contributed by atoms with Crippen LogP contribution < -0.4 is 0 Å². The molecule has 1 fully saturated rings. The maximum Gasteiger partial charge on any atom is 0.0544 e. The van der Waals surface area contributed by atoms with Crippen LogP contribution >= 0.6 is 0 Å². The summed E-state index contributed by atoms with van der Waals surface area (Å²) in [6, 6.07) is 6.17. The first-order valence-corrected chi connectivity index (χ1v) is 8.31. The van der Waals surface area contributed by atoms with E-state index in [1.807, 2.05) is 12.3 Å². The van der Waals surface area contributed by atoms with Crippen LogP contribution in [-0.4, -0.2) is 91.7 Å². The summed E-state index contributed by atoms with van der Waals surface area (Å²) in [5.74, 6) is 0. The van der Waals surface area contributed by atoms with Crippen molar-refractivity contribution in [1.29, 1.82) is 0 Å². The number of hydrogen-bond acceptors (Lipinski definition) is 5. The number of aromatic nitrogens is 1. The third-order valence-corrected chi connectivity index (χ3v) is 4.29. The summed E-state index contributed by atoms with van der Waals surface area (Å²) in [5.41, 5.74) is 1.16. The van der Waals surface area contributed by atoms with Gasteiger partial charge in [-0.2, -0.15) is 0 Å². The predicted molar refractivity (Wildman–Crippen MR) is 91.8 cm³/mol. The minimum absolute atomic E-state index is 0.925. The van der Waals surface area contributed by atoms with Crippen LogP contribution in [-0.2, 0) is 6.54 Å². The van der Waals surface area contributed by atoms with E-state index in [0.29, 0.717) is 0 Å². The van der Waals surface area contributed by atoms with Crippen LogP contribution in [0.5, 0.6) is 0 Å². The predicted octanol–water partition coefficient (Wildman–Crippen LogP) is 1.04. The maximum atomic E-state index is 4.48. The molecule has 1 aliphatic rings. The second-order valence-corrected chi connectivity index (χ2v) is 6.55. The number of pyridine rings is 1. The Kier molecular flexibility index (Phi) is 7.25. The largest absolute Gasteiger partial charge is 0.305 e. The van der Waals surface area contributed by atoms with Crippen molar-refractivity contribution in [3.05, 3.63) is 30.1 Å². The summed E-state index contributed by atoms with van der Waals surface area (Å²) < 4.78 is 0. The Hall–Kier alpha value is -1.01. The van der Waals surface area contributed by atoms with Gasteiger partial charge in [0.25, 0.3) is 0 Å². The van der Waals surface area contributed by atoms with Gasteiger partial charge >= 0.3 is 0 Å². The first-order valence-electron chi connectivity index (χ1n) is 8.31. The monoisotopic (exact) mass is 305 g/mol. The van der Waals surface area contributed by atoms with Gasteiger partial charge in [-0.25, -0.2) is 0 Å². The van der Waals surface area contributed by atoms with Gasteiger partial charge in [0.2, 0.25) is 0 Å². The van der Waals surface area contributed by atoms with E-state index >= 15 is 0 Å². The minimum Gasteiger partial charge on any atom is -0.305 e. The molecule has 0 saturated carbocycles. The third-order valence-electron chi connectivity index (χ3n) is 4.29. The minimum atomic E-state index is 0.925. The highest BCUT2D eigenvalue weighted by Gasteiger charge is 2.13. The van der Waals surface area contributed by atoms with E-state index in [-0.39, 0.29) is 0 Å². The topological polar surface area (TPSA) is 25.9 Å². The van der Waals surface area contributed by atoms with Crippen molar-refractivity contribution >= 4 is 0 Å². The van der Waals surface area contributed by atoms with Crippen molar-refractivity contribution in [3.63, 3.8) is 0 Å². The molecule has 0 bridgehead atoms. The van der Waals surface area contributed by atoms with Gasteiger partial charge in [0.1, 0.15) is 0 Å². The lowest BCUT2D eigenvalue weighted by molar-refractivity contribution is 0.116. The molecule has 1 saturated heterocycles. The van der Waals surface area contributed by atoms with E-state index in [1.54, 1.807) is 0 Å². The van der Waals surface area contributed by atoms with Gasteiger partial charge in [0, 0.05) is 38.9 Å². The SMILES string of the molecule is CN1CCCN(C)CCN(Cc2ccccn2)CN(C)CC1. The van der Waals surface area contributed by atoms with Crippen molar-refractivity contribution < 1.29 is 0 Å². The summed E-state index contributed by atoms with van der Waals surface area (Å²) in [4.78, 5) is 14.3. The average Bonchev–Trinajstić information content (AvgIpc) is 2.51. The Morgan fingerprint density at radius 1 is 0.864 bits per heavy atom. The van der Waals surface area contributed by atoms with E-state index in [9.17, 15) is 0 Å². The van der Waals surface area contributed by atoms with Crippen molar-refractivity contribution in [2.45, 2.75) is 13.0 Å². The Balaban J connectivity index is 1.95. The lowest BCUT2D eigenvalue weighted by atomic mass is 10.3. The molecule has 0 unspecified atom stereocenters. The first kappa shape index (κ1) is 17.3. The van der Waals surface area contributed by atoms with Gasteiger partial charge in [-0.05, 0) is 52.8 Å². The number of rotatable bonds is 2. The van der Waals surface area contributed by atoms with Gasteiger partial charge in [-0.15, -0.1) is 0 Å². The lowest BCUT2D eigenvalue weighted by Crippen LogP contribution is -2.43. The van der Waals surface area contributed by atoms with Gasteiger partial charge in [0.05, 0.1) is 12.4 Å². The van der Waals surface area contributed by atoms with Gasteiger partial charge in [-0.1, -0.05) is 6.07 Å². The number of likely N-dealkylation sites (N-methyl/N-ethyl adjacent to an activating group) is 3. The summed E-state index contributed by atoms with van der Waals surface area (Å²) in [6.45, 7) is 8.75. The van der Waals surface area contributed by atoms with Crippen molar-refractivity contribution in [2.75, 3.05) is 67.1 Å². The summed E-state index contributed by atoms with van der Waals surface area (Å²) in [6.07, 6.45) is 3.13. The fourth-order valence-corrected chi connectivity index (χ4v) is 2.82. The lowest BCUT2D eigenvalue weighted by Gasteiger charge is -2.31. The molecule has 2 rings (SSSR count). The quantitative estimate of drug-likeness (QED) is 0.813. The highest BCUT2D eigenvalue weighted by atomic mass is 15.3. The molecule has 0 spiro atoms. The molecule has 0 aliphatic carbocycles. The summed E-state index contributed by atoms with van der Waals surface area (Å²) in [5, 5.41) is 0. The Morgan fingerprint density at radius 2 is 1.55 bits per heavy atom. The maximum absolute atomic E-state index is 4.48. The van der Waals surface area contributed by atoms with Crippen LogP contribution in [0.4, 0.5) is 0 Å². The zero-order valence-electron chi connectivity index (χ0n) is 14.4. The molecule has 1 aromatic heterocycles. The van der Waals surface area contributed by atoms with Gasteiger partial charge < -0.3 is 9.80 Å².